The van der Waals surface area contributed by atoms with Crippen molar-refractivity contribution >= 4 is 10.0 Å². The van der Waals surface area contributed by atoms with Crippen molar-refractivity contribution in [2.75, 3.05) is 25.4 Å². The molecule has 100 valence electrons. The number of unbranched alkanes of at least 4 members (excludes halogenated alkanes) is 1. The third-order valence-electron chi connectivity index (χ3n) is 3.50. The molecule has 0 amide bonds. The van der Waals surface area contributed by atoms with Gasteiger partial charge in [0.1, 0.15) is 0 Å². The number of nitrogens with two attached hydrogens (primary N) is 1. The zero-order valence-electron chi connectivity index (χ0n) is 10.3. The van der Waals surface area contributed by atoms with Crippen LogP contribution in [0.2, 0.25) is 0 Å². The molecule has 1 atom stereocenters. The minimum atomic E-state index is -3.10. The Bertz CT molecular complexity index is 341. The molecule has 1 unspecified atom stereocenters. The molecule has 0 radical (unpaired) electrons. The molecular weight excluding hydrogens is 238 g/mol. The van der Waals surface area contributed by atoms with E-state index in [0.717, 1.165) is 32.0 Å². The molecule has 1 aliphatic carbocycles. The van der Waals surface area contributed by atoms with E-state index in [4.69, 9.17) is 5.73 Å². The zero-order valence-corrected chi connectivity index (χ0v) is 11.1. The SMILES string of the molecule is NCCCCS(=O)(=O)NC1CCN(C2CC2)C1. The lowest BCUT2D eigenvalue weighted by molar-refractivity contribution is 0.322. The third-order valence-corrected chi connectivity index (χ3v) is 5.01. The molecule has 2 fully saturated rings. The van der Waals surface area contributed by atoms with Crippen molar-refractivity contribution in [2.24, 2.45) is 5.73 Å². The van der Waals surface area contributed by atoms with Crippen LogP contribution in [0.4, 0.5) is 0 Å². The molecule has 5 nitrogen and oxygen atoms in total. The second kappa shape index (κ2) is 5.65. The van der Waals surface area contributed by atoms with Crippen LogP contribution < -0.4 is 10.5 Å². The van der Waals surface area contributed by atoms with Crippen molar-refractivity contribution in [1.29, 1.82) is 0 Å². The summed E-state index contributed by atoms with van der Waals surface area (Å²) in [6.45, 7) is 2.50. The second-order valence-corrected chi connectivity index (χ2v) is 7.02. The van der Waals surface area contributed by atoms with Crippen LogP contribution in [0.15, 0.2) is 0 Å². The van der Waals surface area contributed by atoms with E-state index in [2.05, 4.69) is 9.62 Å². The number of nitrogens with zero attached hydrogens (tertiary/aromatic N) is 1. The van der Waals surface area contributed by atoms with Gasteiger partial charge in [0.05, 0.1) is 5.75 Å². The zero-order chi connectivity index (χ0) is 12.3. The maximum Gasteiger partial charge on any atom is 0.211 e. The van der Waals surface area contributed by atoms with E-state index in [0.29, 0.717) is 13.0 Å². The van der Waals surface area contributed by atoms with Gasteiger partial charge < -0.3 is 5.73 Å². The summed E-state index contributed by atoms with van der Waals surface area (Å²) in [5, 5.41) is 0. The summed E-state index contributed by atoms with van der Waals surface area (Å²) in [4.78, 5) is 2.41. The van der Waals surface area contributed by atoms with Crippen LogP contribution in [0, 0.1) is 0 Å². The van der Waals surface area contributed by atoms with Crippen LogP contribution in [0.25, 0.3) is 0 Å². The lowest BCUT2D eigenvalue weighted by Gasteiger charge is -2.15. The highest BCUT2D eigenvalue weighted by molar-refractivity contribution is 7.89. The first-order chi connectivity index (χ1) is 8.11. The van der Waals surface area contributed by atoms with E-state index < -0.39 is 10.0 Å². The normalized spacial score (nSPS) is 26.5. The van der Waals surface area contributed by atoms with Crippen LogP contribution in [0.1, 0.15) is 32.1 Å². The fourth-order valence-corrected chi connectivity index (χ4v) is 3.81. The predicted molar refractivity (Wildman–Crippen MR) is 68.2 cm³/mol. The lowest BCUT2D eigenvalue weighted by atomic mass is 10.3. The van der Waals surface area contributed by atoms with Gasteiger partial charge in [-0.15, -0.1) is 0 Å². The standard InChI is InChI=1S/C11H23N3O2S/c12-6-1-2-8-17(15,16)13-10-5-7-14(9-10)11-3-4-11/h10-11,13H,1-9,12H2. The van der Waals surface area contributed by atoms with Gasteiger partial charge in [-0.05, 0) is 38.6 Å². The summed E-state index contributed by atoms with van der Waals surface area (Å²) in [6, 6.07) is 0.861. The average Bonchev–Trinajstić information content (AvgIpc) is 3.01. The van der Waals surface area contributed by atoms with Gasteiger partial charge in [-0.25, -0.2) is 13.1 Å². The largest absolute Gasteiger partial charge is 0.330 e. The number of hydrogen-bond donors (Lipinski definition) is 2. The summed E-state index contributed by atoms with van der Waals surface area (Å²) in [5.74, 6) is 0.212. The van der Waals surface area contributed by atoms with Gasteiger partial charge in [0, 0.05) is 25.2 Å². The highest BCUT2D eigenvalue weighted by Crippen LogP contribution is 2.29. The first kappa shape index (κ1) is 13.3. The number of sulfonamides is 1. The van der Waals surface area contributed by atoms with Gasteiger partial charge in [-0.3, -0.25) is 4.90 Å². The van der Waals surface area contributed by atoms with E-state index in [1.165, 1.54) is 12.8 Å². The molecule has 17 heavy (non-hydrogen) atoms. The molecule has 1 aliphatic heterocycles. The molecule has 1 saturated heterocycles. The molecule has 0 aromatic heterocycles. The highest BCUT2D eigenvalue weighted by atomic mass is 32.2. The smallest absolute Gasteiger partial charge is 0.211 e. The molecule has 1 saturated carbocycles. The monoisotopic (exact) mass is 261 g/mol. The molecule has 0 aromatic carbocycles. The first-order valence-electron chi connectivity index (χ1n) is 6.55. The molecule has 1 heterocycles. The van der Waals surface area contributed by atoms with Gasteiger partial charge in [0.25, 0.3) is 0 Å². The van der Waals surface area contributed by atoms with Gasteiger partial charge >= 0.3 is 0 Å². The Kier molecular flexibility index (Phi) is 4.41. The van der Waals surface area contributed by atoms with Gasteiger partial charge in [-0.2, -0.15) is 0 Å². The third kappa shape index (κ3) is 4.21. The molecule has 2 rings (SSSR count). The molecular formula is C11H23N3O2S. The summed E-state index contributed by atoms with van der Waals surface area (Å²) < 4.78 is 26.4. The Morgan fingerprint density at radius 2 is 2.00 bits per heavy atom. The van der Waals surface area contributed by atoms with Crippen LogP contribution in [0.5, 0.6) is 0 Å². The fourth-order valence-electron chi connectivity index (χ4n) is 2.40. The summed E-state index contributed by atoms with van der Waals surface area (Å²) >= 11 is 0. The number of likely N-dealkylation sites (tertiary alicyclic amines) is 1. The number of rotatable bonds is 7. The fraction of sp³-hybridized carbons (Fsp3) is 1.00. The van der Waals surface area contributed by atoms with Crippen molar-refractivity contribution in [3.05, 3.63) is 0 Å². The minimum Gasteiger partial charge on any atom is -0.330 e. The molecule has 0 bridgehead atoms. The lowest BCUT2D eigenvalue weighted by Crippen LogP contribution is -2.38. The van der Waals surface area contributed by atoms with E-state index >= 15 is 0 Å². The first-order valence-corrected chi connectivity index (χ1v) is 8.20. The van der Waals surface area contributed by atoms with Gasteiger partial charge in [0.15, 0.2) is 0 Å². The van der Waals surface area contributed by atoms with E-state index in [-0.39, 0.29) is 11.8 Å². The van der Waals surface area contributed by atoms with Crippen LogP contribution in [-0.4, -0.2) is 50.8 Å². The molecule has 0 spiro atoms. The molecule has 6 heteroatoms. The van der Waals surface area contributed by atoms with Crippen LogP contribution >= 0.6 is 0 Å². The molecule has 2 aliphatic rings. The van der Waals surface area contributed by atoms with E-state index in [9.17, 15) is 8.42 Å². The van der Waals surface area contributed by atoms with E-state index in [1.54, 1.807) is 0 Å². The van der Waals surface area contributed by atoms with Crippen molar-refractivity contribution < 1.29 is 8.42 Å². The van der Waals surface area contributed by atoms with Gasteiger partial charge in [0.2, 0.25) is 10.0 Å². The van der Waals surface area contributed by atoms with Crippen molar-refractivity contribution in [1.82, 2.24) is 9.62 Å². The van der Waals surface area contributed by atoms with Gasteiger partial charge in [-0.1, -0.05) is 0 Å². The number of nitrogens with one attached hydrogen (secondary N) is 1. The topological polar surface area (TPSA) is 75.4 Å². The van der Waals surface area contributed by atoms with Crippen LogP contribution in [-0.2, 0) is 10.0 Å². The Morgan fingerprint density at radius 3 is 2.65 bits per heavy atom. The van der Waals surface area contributed by atoms with Crippen molar-refractivity contribution in [3.8, 4) is 0 Å². The summed E-state index contributed by atoms with van der Waals surface area (Å²) in [5.41, 5.74) is 5.36. The van der Waals surface area contributed by atoms with Crippen molar-refractivity contribution in [3.63, 3.8) is 0 Å². The number of hydrogen-bond acceptors (Lipinski definition) is 4. The highest BCUT2D eigenvalue weighted by Gasteiger charge is 2.35. The molecule has 0 aromatic rings. The average molecular weight is 261 g/mol. The summed E-state index contributed by atoms with van der Waals surface area (Å²) in [7, 11) is -3.10. The quantitative estimate of drug-likeness (QED) is 0.627. The predicted octanol–water partition coefficient (Wildman–Crippen LogP) is -0.119. The Labute approximate surface area is 104 Å². The Hall–Kier alpha value is -0.170. The summed E-state index contributed by atoms with van der Waals surface area (Å²) in [6.07, 6.45) is 4.96. The maximum absolute atomic E-state index is 11.8. The van der Waals surface area contributed by atoms with Crippen LogP contribution in [0.3, 0.4) is 0 Å². The Balaban J connectivity index is 1.72. The van der Waals surface area contributed by atoms with E-state index in [1.807, 2.05) is 0 Å². The second-order valence-electron chi connectivity index (χ2n) is 5.14. The maximum atomic E-state index is 11.8. The minimum absolute atomic E-state index is 0.124. The molecule has 3 N–H and O–H groups in total. The van der Waals surface area contributed by atoms with Crippen molar-refractivity contribution in [2.45, 2.75) is 44.2 Å². The Morgan fingerprint density at radius 1 is 1.24 bits per heavy atom.